The standard InChI is InChI=1S/C28H33AsClN5O4/c1-4-35-23-16-25(38-3)22(14-18(23)6-5-7-26(35)36)32-28-31-17-21(30)27(33-28)29-20-9-8-19(15-24(20)37-2)34-10-12-39-13-11-34/h8-9,14-17,29H,4-7,10-13H2,1-3H3,(H,31,32,33). The van der Waals surface area contributed by atoms with E-state index in [4.69, 9.17) is 30.8 Å². The molecular formula is C28H33AsClN5O4. The van der Waals surface area contributed by atoms with E-state index in [9.17, 15) is 4.79 Å². The summed E-state index contributed by atoms with van der Waals surface area (Å²) < 4.78 is 18.8. The van der Waals surface area contributed by atoms with Crippen molar-refractivity contribution < 1.29 is 19.0 Å². The predicted octanol–water partition coefficient (Wildman–Crippen LogP) is 2.80. The number of benzene rings is 2. The number of hydrogen-bond acceptors (Lipinski definition) is 8. The van der Waals surface area contributed by atoms with Crippen molar-refractivity contribution in [2.45, 2.75) is 26.2 Å². The third-order valence-electron chi connectivity index (χ3n) is 6.95. The van der Waals surface area contributed by atoms with Crippen molar-refractivity contribution in [3.05, 3.63) is 47.1 Å². The molecule has 1 saturated heterocycles. The summed E-state index contributed by atoms with van der Waals surface area (Å²) in [5.74, 6) is 2.05. The number of ether oxygens (including phenoxy) is 3. The predicted molar refractivity (Wildman–Crippen MR) is 157 cm³/mol. The average Bonchev–Trinajstić information content (AvgIpc) is 3.12. The summed E-state index contributed by atoms with van der Waals surface area (Å²) in [5.41, 5.74) is 3.88. The summed E-state index contributed by atoms with van der Waals surface area (Å²) in [6.45, 7) is 5.80. The summed E-state index contributed by atoms with van der Waals surface area (Å²) in [5, 5.41) is 3.87. The molecular weight excluding hydrogens is 581 g/mol. The van der Waals surface area contributed by atoms with Crippen LogP contribution in [0, 0.1) is 0 Å². The molecule has 11 heteroatoms. The molecule has 2 aliphatic heterocycles. The van der Waals surface area contributed by atoms with Crippen LogP contribution in [0.1, 0.15) is 25.3 Å². The first-order chi connectivity index (χ1) is 19.0. The zero-order valence-corrected chi connectivity index (χ0v) is 25.3. The van der Waals surface area contributed by atoms with Gasteiger partial charge in [0.1, 0.15) is 0 Å². The monoisotopic (exact) mass is 613 g/mol. The molecule has 1 atom stereocenters. The van der Waals surface area contributed by atoms with E-state index in [0.29, 0.717) is 29.7 Å². The van der Waals surface area contributed by atoms with E-state index in [1.165, 1.54) is 0 Å². The van der Waals surface area contributed by atoms with Crippen LogP contribution in [0.5, 0.6) is 11.5 Å². The molecule has 206 valence electrons. The second-order valence-electron chi connectivity index (χ2n) is 9.30. The Morgan fingerprint density at radius 2 is 1.90 bits per heavy atom. The molecule has 1 N–H and O–H groups in total. The van der Waals surface area contributed by atoms with E-state index >= 15 is 0 Å². The Kier molecular flexibility index (Phi) is 8.80. The van der Waals surface area contributed by atoms with Gasteiger partial charge in [-0.15, -0.1) is 0 Å². The Labute approximate surface area is 240 Å². The fourth-order valence-corrected chi connectivity index (χ4v) is 7.51. The fourth-order valence-electron chi connectivity index (χ4n) is 4.94. The first-order valence-corrected chi connectivity index (χ1v) is 15.6. The molecule has 5 rings (SSSR count). The Morgan fingerprint density at radius 3 is 2.64 bits per heavy atom. The van der Waals surface area contributed by atoms with Crippen LogP contribution in [-0.4, -0.2) is 78.7 Å². The first kappa shape index (κ1) is 27.6. The number of rotatable bonds is 8. The van der Waals surface area contributed by atoms with Crippen molar-refractivity contribution in [2.24, 2.45) is 0 Å². The number of amides is 1. The van der Waals surface area contributed by atoms with Crippen molar-refractivity contribution >= 4 is 65.1 Å². The normalized spacial score (nSPS) is 15.8. The molecule has 0 spiro atoms. The molecule has 1 unspecified atom stereocenters. The van der Waals surface area contributed by atoms with Gasteiger partial charge in [0.05, 0.1) is 0 Å². The number of fused-ring (bicyclic) bond motifs is 1. The summed E-state index contributed by atoms with van der Waals surface area (Å²) in [6.07, 6.45) is 3.80. The number of hydrogen-bond donors (Lipinski definition) is 1. The summed E-state index contributed by atoms with van der Waals surface area (Å²) in [7, 11) is 3.31. The zero-order chi connectivity index (χ0) is 27.4. The van der Waals surface area contributed by atoms with Gasteiger partial charge in [-0.3, -0.25) is 0 Å². The van der Waals surface area contributed by atoms with Crippen LogP contribution in [0.4, 0.5) is 23.0 Å². The molecule has 1 amide bonds. The van der Waals surface area contributed by atoms with Crippen LogP contribution in [0.2, 0.25) is 5.02 Å². The number of methoxy groups -OCH3 is 2. The number of carbonyl (C=O) groups is 1. The maximum absolute atomic E-state index is 12.6. The number of carbonyl (C=O) groups excluding carboxylic acids is 1. The molecule has 39 heavy (non-hydrogen) atoms. The van der Waals surface area contributed by atoms with E-state index in [0.717, 1.165) is 76.4 Å². The van der Waals surface area contributed by atoms with E-state index in [1.54, 1.807) is 20.4 Å². The molecule has 1 fully saturated rings. The molecule has 0 aliphatic carbocycles. The second-order valence-corrected chi connectivity index (χ2v) is 12.4. The van der Waals surface area contributed by atoms with Gasteiger partial charge in [-0.1, -0.05) is 0 Å². The number of aryl methyl sites for hydroxylation is 1. The Balaban J connectivity index is 1.40. The minimum atomic E-state index is -0.918. The number of morpholine rings is 1. The number of nitrogens with one attached hydrogen (secondary N) is 1. The van der Waals surface area contributed by atoms with Gasteiger partial charge in [0.2, 0.25) is 0 Å². The third kappa shape index (κ3) is 6.11. The molecule has 0 radical (unpaired) electrons. The van der Waals surface area contributed by atoms with E-state index in [1.807, 2.05) is 24.0 Å². The van der Waals surface area contributed by atoms with E-state index < -0.39 is 15.8 Å². The van der Waals surface area contributed by atoms with Gasteiger partial charge in [-0.25, -0.2) is 0 Å². The molecule has 1 aromatic heterocycles. The van der Waals surface area contributed by atoms with Crippen molar-refractivity contribution in [1.82, 2.24) is 9.97 Å². The molecule has 2 aliphatic rings. The van der Waals surface area contributed by atoms with Gasteiger partial charge in [-0.2, -0.15) is 0 Å². The average molecular weight is 614 g/mol. The number of nitrogens with zero attached hydrogens (tertiary/aromatic N) is 4. The zero-order valence-electron chi connectivity index (χ0n) is 22.4. The van der Waals surface area contributed by atoms with Crippen LogP contribution in [0.3, 0.4) is 0 Å². The van der Waals surface area contributed by atoms with Crippen molar-refractivity contribution in [2.75, 3.05) is 62.2 Å². The Hall–Kier alpha value is -3.00. The molecule has 9 nitrogen and oxygen atoms in total. The number of aromatic nitrogens is 2. The van der Waals surface area contributed by atoms with Gasteiger partial charge in [-0.05, 0) is 0 Å². The van der Waals surface area contributed by atoms with Gasteiger partial charge < -0.3 is 0 Å². The van der Waals surface area contributed by atoms with Crippen LogP contribution in [-0.2, 0) is 16.0 Å². The summed E-state index contributed by atoms with van der Waals surface area (Å²) in [4.78, 5) is 25.9. The minimum absolute atomic E-state index is 0.141. The Morgan fingerprint density at radius 1 is 1.10 bits per heavy atom. The summed E-state index contributed by atoms with van der Waals surface area (Å²) in [6, 6.07) is 10.3. The van der Waals surface area contributed by atoms with Crippen LogP contribution < -0.4 is 33.4 Å². The van der Waals surface area contributed by atoms with Crippen LogP contribution in [0.15, 0.2) is 36.5 Å². The second kappa shape index (κ2) is 12.5. The molecule has 3 aromatic rings. The molecule has 2 aromatic carbocycles. The number of anilines is 4. The molecule has 0 bridgehead atoms. The topological polar surface area (TPSA) is 89.1 Å². The van der Waals surface area contributed by atoms with Crippen molar-refractivity contribution in [3.63, 3.8) is 0 Å². The third-order valence-corrected chi connectivity index (χ3v) is 10.3. The van der Waals surface area contributed by atoms with E-state index in [-0.39, 0.29) is 5.91 Å². The first-order valence-electron chi connectivity index (χ1n) is 13.1. The maximum atomic E-state index is 12.6. The van der Waals surface area contributed by atoms with Crippen LogP contribution in [0.25, 0.3) is 0 Å². The molecule has 3 heterocycles. The van der Waals surface area contributed by atoms with Gasteiger partial charge >= 0.3 is 241 Å². The quantitative estimate of drug-likeness (QED) is 0.388. The van der Waals surface area contributed by atoms with Crippen LogP contribution >= 0.6 is 11.6 Å². The molecule has 0 saturated carbocycles. The van der Waals surface area contributed by atoms with Gasteiger partial charge in [0, 0.05) is 0 Å². The van der Waals surface area contributed by atoms with E-state index in [2.05, 4.69) is 33.4 Å². The van der Waals surface area contributed by atoms with Gasteiger partial charge in [0.15, 0.2) is 0 Å². The van der Waals surface area contributed by atoms with Crippen molar-refractivity contribution in [3.8, 4) is 11.5 Å². The summed E-state index contributed by atoms with van der Waals surface area (Å²) >= 11 is 5.65. The van der Waals surface area contributed by atoms with Crippen molar-refractivity contribution in [1.29, 1.82) is 0 Å². The fraction of sp³-hybridized carbons (Fsp3) is 0.393. The number of halogens is 1. The Bertz CT molecular complexity index is 1350. The SMILES string of the molecule is CCN1C(=O)CCCc2cc(Nc3ncc(Cl)c([AsH]c4ccc(N5CCOCC5)cc4OC)n3)c(OC)cc21. The van der Waals surface area contributed by atoms with Gasteiger partial charge in [0.25, 0.3) is 0 Å².